The predicted molar refractivity (Wildman–Crippen MR) is 81.1 cm³/mol. The molecular formula is C15H28N4. The fourth-order valence-corrected chi connectivity index (χ4v) is 1.69. The first kappa shape index (κ1) is 15.9. The summed E-state index contributed by atoms with van der Waals surface area (Å²) in [5.41, 5.74) is 1.76. The Morgan fingerprint density at radius 1 is 1.16 bits per heavy atom. The smallest absolute Gasteiger partial charge is 0.165 e. The first-order valence-electron chi connectivity index (χ1n) is 6.98. The Balaban J connectivity index is 3.31. The van der Waals surface area contributed by atoms with Crippen LogP contribution in [0.3, 0.4) is 0 Å². The average molecular weight is 264 g/mol. The van der Waals surface area contributed by atoms with Gasteiger partial charge in [-0.25, -0.2) is 10.8 Å². The molecular weight excluding hydrogens is 236 g/mol. The van der Waals surface area contributed by atoms with Crippen molar-refractivity contribution < 1.29 is 0 Å². The molecule has 1 rings (SSSR count). The van der Waals surface area contributed by atoms with Gasteiger partial charge in [-0.2, -0.15) is 0 Å². The molecule has 0 saturated carbocycles. The van der Waals surface area contributed by atoms with Gasteiger partial charge in [0.2, 0.25) is 0 Å². The number of anilines is 1. The molecule has 4 nitrogen and oxygen atoms in total. The number of hydrazine groups is 1. The van der Waals surface area contributed by atoms with E-state index in [1.54, 1.807) is 5.01 Å². The third-order valence-corrected chi connectivity index (χ3v) is 3.03. The average Bonchev–Trinajstić information content (AvgIpc) is 2.26. The lowest BCUT2D eigenvalue weighted by atomic mass is 9.92. The number of aromatic nitrogens is 2. The summed E-state index contributed by atoms with van der Waals surface area (Å²) in [4.78, 5) is 9.35. The van der Waals surface area contributed by atoms with Gasteiger partial charge in [0, 0.05) is 17.2 Å². The molecule has 0 aliphatic heterocycles. The summed E-state index contributed by atoms with van der Waals surface area (Å²) < 4.78 is 0. The molecule has 1 heterocycles. The van der Waals surface area contributed by atoms with Gasteiger partial charge in [0.1, 0.15) is 0 Å². The molecule has 0 atom stereocenters. The van der Waals surface area contributed by atoms with E-state index in [9.17, 15) is 0 Å². The van der Waals surface area contributed by atoms with Crippen LogP contribution in [0.25, 0.3) is 0 Å². The zero-order chi connectivity index (χ0) is 14.8. The second-order valence-corrected chi connectivity index (χ2v) is 7.07. The van der Waals surface area contributed by atoms with Crippen LogP contribution in [0.15, 0.2) is 6.20 Å². The molecule has 108 valence electrons. The molecule has 1 aromatic heterocycles. The molecule has 2 N–H and O–H groups in total. The van der Waals surface area contributed by atoms with Gasteiger partial charge in [-0.05, 0) is 27.2 Å². The van der Waals surface area contributed by atoms with Crippen molar-refractivity contribution in [3.8, 4) is 0 Å². The zero-order valence-electron chi connectivity index (χ0n) is 13.4. The van der Waals surface area contributed by atoms with Crippen LogP contribution < -0.4 is 10.9 Å². The largest absolute Gasteiger partial charge is 0.288 e. The van der Waals surface area contributed by atoms with E-state index < -0.39 is 0 Å². The Hall–Kier alpha value is -1.16. The van der Waals surface area contributed by atoms with E-state index in [0.29, 0.717) is 0 Å². The number of hydrogen-bond donors (Lipinski definition) is 1. The Labute approximate surface area is 117 Å². The Bertz CT molecular complexity index is 427. The van der Waals surface area contributed by atoms with Crippen molar-refractivity contribution in [1.29, 1.82) is 0 Å². The van der Waals surface area contributed by atoms with Crippen LogP contribution in [0.5, 0.6) is 0 Å². The molecule has 0 saturated heterocycles. The van der Waals surface area contributed by atoms with Crippen LogP contribution in [0.4, 0.5) is 5.82 Å². The Morgan fingerprint density at radius 3 is 2.16 bits per heavy atom. The van der Waals surface area contributed by atoms with Crippen molar-refractivity contribution in [3.05, 3.63) is 17.6 Å². The third-order valence-electron chi connectivity index (χ3n) is 3.03. The molecule has 19 heavy (non-hydrogen) atoms. The number of hydrogen-bond acceptors (Lipinski definition) is 4. The summed E-state index contributed by atoms with van der Waals surface area (Å²) in [7, 11) is 0. The molecule has 0 aliphatic carbocycles. The summed E-state index contributed by atoms with van der Waals surface area (Å²) in [5, 5.41) is 1.74. The van der Waals surface area contributed by atoms with Crippen LogP contribution in [0.1, 0.15) is 66.3 Å². The second kappa shape index (κ2) is 5.45. The van der Waals surface area contributed by atoms with E-state index in [1.807, 2.05) is 6.20 Å². The van der Waals surface area contributed by atoms with Gasteiger partial charge in [0.05, 0.1) is 11.4 Å². The van der Waals surface area contributed by atoms with Crippen molar-refractivity contribution in [2.45, 2.75) is 72.3 Å². The van der Waals surface area contributed by atoms with Crippen molar-refractivity contribution in [2.24, 2.45) is 5.84 Å². The van der Waals surface area contributed by atoms with Crippen LogP contribution in [-0.4, -0.2) is 15.5 Å². The molecule has 4 heteroatoms. The lowest BCUT2D eigenvalue weighted by molar-refractivity contribution is 0.498. The lowest BCUT2D eigenvalue weighted by Crippen LogP contribution is -2.48. The standard InChI is InChI=1S/C15H28N4/c1-8-9-11-13(19(16)15(5,6)7)18-12(10-17-11)14(2,3)4/h10H,8-9,16H2,1-7H3. The fourth-order valence-electron chi connectivity index (χ4n) is 1.69. The van der Waals surface area contributed by atoms with Crippen LogP contribution in [0.2, 0.25) is 0 Å². The predicted octanol–water partition coefficient (Wildman–Crippen LogP) is 3.21. The number of nitrogens with zero attached hydrogens (tertiary/aromatic N) is 3. The minimum Gasteiger partial charge on any atom is -0.288 e. The quantitative estimate of drug-likeness (QED) is 0.673. The Kier molecular flexibility index (Phi) is 4.56. The summed E-state index contributed by atoms with van der Waals surface area (Å²) >= 11 is 0. The molecule has 0 unspecified atom stereocenters. The molecule has 0 aromatic carbocycles. The first-order chi connectivity index (χ1) is 8.57. The maximum Gasteiger partial charge on any atom is 0.165 e. The van der Waals surface area contributed by atoms with Crippen LogP contribution >= 0.6 is 0 Å². The number of nitrogens with two attached hydrogens (primary N) is 1. The van der Waals surface area contributed by atoms with Gasteiger partial charge in [-0.15, -0.1) is 0 Å². The van der Waals surface area contributed by atoms with Gasteiger partial charge < -0.3 is 0 Å². The van der Waals surface area contributed by atoms with Gasteiger partial charge in [-0.1, -0.05) is 34.1 Å². The van der Waals surface area contributed by atoms with Crippen molar-refractivity contribution in [3.63, 3.8) is 0 Å². The fraction of sp³-hybridized carbons (Fsp3) is 0.733. The SMILES string of the molecule is CCCc1ncc(C(C)(C)C)nc1N(N)C(C)(C)C. The summed E-state index contributed by atoms with van der Waals surface area (Å²) in [6.07, 6.45) is 3.82. The molecule has 1 aromatic rings. The highest BCUT2D eigenvalue weighted by atomic mass is 15.5. The highest BCUT2D eigenvalue weighted by molar-refractivity contribution is 5.45. The molecule has 0 amide bonds. The zero-order valence-corrected chi connectivity index (χ0v) is 13.4. The minimum absolute atomic E-state index is 0.0226. The molecule has 0 bridgehead atoms. The Morgan fingerprint density at radius 2 is 1.74 bits per heavy atom. The minimum atomic E-state index is -0.173. The maximum atomic E-state index is 6.25. The third kappa shape index (κ3) is 3.90. The highest BCUT2D eigenvalue weighted by Gasteiger charge is 2.25. The van der Waals surface area contributed by atoms with Gasteiger partial charge in [-0.3, -0.25) is 9.99 Å². The topological polar surface area (TPSA) is 55.0 Å². The molecule has 0 fully saturated rings. The van der Waals surface area contributed by atoms with E-state index in [4.69, 9.17) is 10.8 Å². The monoisotopic (exact) mass is 264 g/mol. The summed E-state index contributed by atoms with van der Waals surface area (Å²) in [6, 6.07) is 0. The maximum absolute atomic E-state index is 6.25. The van der Waals surface area contributed by atoms with E-state index >= 15 is 0 Å². The number of aryl methyl sites for hydroxylation is 1. The van der Waals surface area contributed by atoms with E-state index in [2.05, 4.69) is 53.5 Å². The van der Waals surface area contributed by atoms with Gasteiger partial charge in [0.15, 0.2) is 5.82 Å². The van der Waals surface area contributed by atoms with E-state index in [1.165, 1.54) is 0 Å². The van der Waals surface area contributed by atoms with E-state index in [0.717, 1.165) is 30.0 Å². The first-order valence-corrected chi connectivity index (χ1v) is 6.98. The normalized spacial score (nSPS) is 12.6. The molecule has 0 aliphatic rings. The number of rotatable bonds is 3. The van der Waals surface area contributed by atoms with Crippen molar-refractivity contribution >= 4 is 5.82 Å². The van der Waals surface area contributed by atoms with Crippen LogP contribution in [0, 0.1) is 0 Å². The van der Waals surface area contributed by atoms with Crippen LogP contribution in [-0.2, 0) is 11.8 Å². The van der Waals surface area contributed by atoms with Crippen molar-refractivity contribution in [2.75, 3.05) is 5.01 Å². The molecule has 0 radical (unpaired) electrons. The lowest BCUT2D eigenvalue weighted by Gasteiger charge is -2.34. The van der Waals surface area contributed by atoms with E-state index in [-0.39, 0.29) is 11.0 Å². The van der Waals surface area contributed by atoms with Crippen molar-refractivity contribution in [1.82, 2.24) is 9.97 Å². The highest BCUT2D eigenvalue weighted by Crippen LogP contribution is 2.26. The summed E-state index contributed by atoms with van der Waals surface area (Å²) in [5.74, 6) is 7.05. The second-order valence-electron chi connectivity index (χ2n) is 7.07. The van der Waals surface area contributed by atoms with Gasteiger partial charge >= 0.3 is 0 Å². The molecule has 0 spiro atoms. The summed E-state index contributed by atoms with van der Waals surface area (Å²) in [6.45, 7) is 14.8. The van der Waals surface area contributed by atoms with Gasteiger partial charge in [0.25, 0.3) is 0 Å².